The van der Waals surface area contributed by atoms with Gasteiger partial charge in [0.05, 0.1) is 10.9 Å². The highest BCUT2D eigenvalue weighted by molar-refractivity contribution is 5.93. The fraction of sp³-hybridized carbons (Fsp3) is 0.500. The zero-order chi connectivity index (χ0) is 31.7. The Morgan fingerprint density at radius 3 is 2.91 bits per heavy atom. The van der Waals surface area contributed by atoms with Crippen molar-refractivity contribution in [2.75, 3.05) is 50.8 Å². The van der Waals surface area contributed by atoms with E-state index in [0.717, 1.165) is 37.8 Å². The Bertz CT molecular complexity index is 1810. The Labute approximate surface area is 264 Å². The summed E-state index contributed by atoms with van der Waals surface area (Å²) < 4.78 is 51.3. The number of benzene rings is 1. The van der Waals surface area contributed by atoms with E-state index in [4.69, 9.17) is 16.3 Å². The number of hydrogen-bond donors (Lipinski definition) is 0. The van der Waals surface area contributed by atoms with E-state index < -0.39 is 35.3 Å². The molecule has 0 bridgehead atoms. The molecular weight excluding hydrogens is 595 g/mol. The summed E-state index contributed by atoms with van der Waals surface area (Å²) in [6, 6.07) is 5.30. The summed E-state index contributed by atoms with van der Waals surface area (Å²) in [4.78, 5) is 35.3. The molecule has 1 amide bonds. The number of carbonyl (C=O) groups excluding carboxylic acids is 1. The molecule has 0 unspecified atom stereocenters. The second kappa shape index (κ2) is 10.9. The number of ether oxygens (including phenoxy) is 1. The van der Waals surface area contributed by atoms with Crippen molar-refractivity contribution in [2.24, 2.45) is 5.92 Å². The van der Waals surface area contributed by atoms with E-state index >= 15 is 4.39 Å². The van der Waals surface area contributed by atoms with Gasteiger partial charge in [-0.1, -0.05) is 24.8 Å². The standard InChI is InChI=1S/C34H34F3N7O2/c1-19(35)32(45)44-10-9-42(17-23(44)14-38-2)31-26-15-39-29(24-6-3-5-20-11-21-12-25(21)27(20)24)28(37)30(26)40-33(41-31)46-18-34-7-4-8-43(34)16-22(36)13-34/h3,5-6,15,21-23,25H,1,4,7-14,16-18H2/t21-,22-,23+,25+,34+/m1/s1. The van der Waals surface area contributed by atoms with Crippen LogP contribution in [0.15, 0.2) is 36.8 Å². The lowest BCUT2D eigenvalue weighted by Crippen LogP contribution is -2.56. The van der Waals surface area contributed by atoms with Crippen LogP contribution in [0.3, 0.4) is 0 Å². The number of pyridine rings is 1. The number of fused-ring (bicyclic) bond motifs is 5. The molecular formula is C34H34F3N7O2. The van der Waals surface area contributed by atoms with Crippen LogP contribution in [0.1, 0.15) is 42.7 Å². The van der Waals surface area contributed by atoms with Crippen LogP contribution >= 0.6 is 0 Å². The number of amides is 1. The normalized spacial score (nSPS) is 28.1. The van der Waals surface area contributed by atoms with Crippen LogP contribution in [0, 0.1) is 18.3 Å². The monoisotopic (exact) mass is 629 g/mol. The van der Waals surface area contributed by atoms with Crippen molar-refractivity contribution >= 4 is 22.6 Å². The first-order chi connectivity index (χ1) is 22.3. The molecule has 3 saturated heterocycles. The third-order valence-electron chi connectivity index (χ3n) is 10.7. The summed E-state index contributed by atoms with van der Waals surface area (Å²) in [7, 11) is 0. The first-order valence-electron chi connectivity index (χ1n) is 16.0. The van der Waals surface area contributed by atoms with Crippen molar-refractivity contribution in [3.8, 4) is 17.3 Å². The quantitative estimate of drug-likeness (QED) is 0.273. The zero-order valence-electron chi connectivity index (χ0n) is 25.4. The molecule has 238 valence electrons. The van der Waals surface area contributed by atoms with Crippen LogP contribution in [0.2, 0.25) is 0 Å². The van der Waals surface area contributed by atoms with Gasteiger partial charge in [0.25, 0.3) is 5.91 Å². The van der Waals surface area contributed by atoms with Gasteiger partial charge in [-0.05, 0) is 55.2 Å². The number of rotatable bonds is 7. The molecule has 1 aromatic carbocycles. The summed E-state index contributed by atoms with van der Waals surface area (Å²) in [5, 5.41) is 0.368. The lowest BCUT2D eigenvalue weighted by molar-refractivity contribution is -0.131. The summed E-state index contributed by atoms with van der Waals surface area (Å²) in [6.45, 7) is 12.4. The summed E-state index contributed by atoms with van der Waals surface area (Å²) in [5.41, 5.74) is 3.02. The third kappa shape index (κ3) is 4.70. The van der Waals surface area contributed by atoms with E-state index in [-0.39, 0.29) is 50.0 Å². The molecule has 5 atom stereocenters. The van der Waals surface area contributed by atoms with Gasteiger partial charge in [0, 0.05) is 44.4 Å². The van der Waals surface area contributed by atoms with Gasteiger partial charge in [0.15, 0.2) is 11.6 Å². The first kappa shape index (κ1) is 29.2. The Morgan fingerprint density at radius 1 is 1.22 bits per heavy atom. The number of halogens is 3. The molecule has 0 N–H and O–H groups in total. The lowest BCUT2D eigenvalue weighted by atomic mass is 9.95. The van der Waals surface area contributed by atoms with Crippen LogP contribution in [-0.4, -0.2) is 94.3 Å². The minimum absolute atomic E-state index is 0.0278. The maximum atomic E-state index is 16.7. The van der Waals surface area contributed by atoms with Crippen LogP contribution < -0.4 is 9.64 Å². The Morgan fingerprint density at radius 2 is 2.09 bits per heavy atom. The van der Waals surface area contributed by atoms with Gasteiger partial charge in [-0.2, -0.15) is 9.97 Å². The number of carbonyl (C=O) groups is 1. The third-order valence-corrected chi connectivity index (χ3v) is 10.7. The smallest absolute Gasteiger partial charge is 0.319 e. The van der Waals surface area contributed by atoms with Gasteiger partial charge in [-0.25, -0.2) is 19.7 Å². The second-order valence-corrected chi connectivity index (χ2v) is 13.4. The number of hydrogen-bond acceptors (Lipinski definition) is 7. The number of alkyl halides is 1. The SMILES string of the molecule is [C-]#[N+]C[C@H]1CN(c2nc(OC[C@@]34CCCN3C[C@H](F)C4)nc3c(F)c(-c4cccc5c4[C@H]4C[C@H]4C5)ncc23)CCN1C(=O)C(=C)F. The lowest BCUT2D eigenvalue weighted by Gasteiger charge is -2.39. The van der Waals surface area contributed by atoms with Gasteiger partial charge in [0.2, 0.25) is 6.54 Å². The van der Waals surface area contributed by atoms with Crippen molar-refractivity contribution < 1.29 is 22.7 Å². The minimum Gasteiger partial charge on any atom is -0.461 e. The molecule has 1 saturated carbocycles. The molecule has 0 radical (unpaired) electrons. The maximum Gasteiger partial charge on any atom is 0.319 e. The molecule has 5 aliphatic rings. The van der Waals surface area contributed by atoms with E-state index in [2.05, 4.69) is 32.4 Å². The van der Waals surface area contributed by atoms with Gasteiger partial charge in [-0.15, -0.1) is 0 Å². The van der Waals surface area contributed by atoms with Crippen molar-refractivity contribution in [1.29, 1.82) is 0 Å². The van der Waals surface area contributed by atoms with Crippen molar-refractivity contribution in [2.45, 2.75) is 55.8 Å². The van der Waals surface area contributed by atoms with Gasteiger partial charge in [-0.3, -0.25) is 14.7 Å². The summed E-state index contributed by atoms with van der Waals surface area (Å²) in [5.74, 6) is -1.10. The largest absolute Gasteiger partial charge is 0.461 e. The summed E-state index contributed by atoms with van der Waals surface area (Å²) in [6.07, 6.45) is 4.87. The zero-order valence-corrected chi connectivity index (χ0v) is 25.4. The Hall–Kier alpha value is -4.24. The van der Waals surface area contributed by atoms with Gasteiger partial charge >= 0.3 is 6.01 Å². The average Bonchev–Trinajstić information content (AvgIpc) is 3.37. The molecule has 9 nitrogen and oxygen atoms in total. The first-order valence-corrected chi connectivity index (χ1v) is 16.0. The molecule has 3 aromatic rings. The van der Waals surface area contributed by atoms with E-state index in [0.29, 0.717) is 36.0 Å². The van der Waals surface area contributed by atoms with E-state index in [1.165, 1.54) is 16.0 Å². The van der Waals surface area contributed by atoms with Crippen molar-refractivity contribution in [1.82, 2.24) is 24.8 Å². The number of anilines is 1. The van der Waals surface area contributed by atoms with Crippen molar-refractivity contribution in [3.05, 3.63) is 65.2 Å². The minimum atomic E-state index is -1.09. The molecule has 2 aromatic heterocycles. The average molecular weight is 630 g/mol. The molecule has 46 heavy (non-hydrogen) atoms. The number of nitrogens with zero attached hydrogens (tertiary/aromatic N) is 7. The summed E-state index contributed by atoms with van der Waals surface area (Å²) >= 11 is 0. The fourth-order valence-corrected chi connectivity index (χ4v) is 8.44. The second-order valence-electron chi connectivity index (χ2n) is 13.4. The molecule has 2 aliphatic carbocycles. The van der Waals surface area contributed by atoms with Crippen molar-refractivity contribution in [3.63, 3.8) is 0 Å². The van der Waals surface area contributed by atoms with E-state index in [1.54, 1.807) is 6.20 Å². The molecule has 5 heterocycles. The topological polar surface area (TPSA) is 79.1 Å². The number of aromatic nitrogens is 3. The molecule has 12 heteroatoms. The highest BCUT2D eigenvalue weighted by Gasteiger charge is 2.50. The van der Waals surface area contributed by atoms with E-state index in [1.807, 2.05) is 17.0 Å². The predicted octanol–water partition coefficient (Wildman–Crippen LogP) is 4.87. The van der Waals surface area contributed by atoms with E-state index in [9.17, 15) is 13.6 Å². The molecule has 4 fully saturated rings. The highest BCUT2D eigenvalue weighted by atomic mass is 19.1. The fourth-order valence-electron chi connectivity index (χ4n) is 8.44. The molecule has 8 rings (SSSR count). The predicted molar refractivity (Wildman–Crippen MR) is 165 cm³/mol. The molecule has 3 aliphatic heterocycles. The highest BCUT2D eigenvalue weighted by Crippen LogP contribution is 2.58. The van der Waals surface area contributed by atoms with Crippen LogP contribution in [0.4, 0.5) is 19.0 Å². The van der Waals surface area contributed by atoms with Crippen LogP contribution in [0.25, 0.3) is 27.0 Å². The number of piperazine rings is 1. The van der Waals surface area contributed by atoms with Gasteiger partial charge in [0.1, 0.15) is 35.8 Å². The maximum absolute atomic E-state index is 16.7. The van der Waals surface area contributed by atoms with Gasteiger partial charge < -0.3 is 19.4 Å². The van der Waals surface area contributed by atoms with Crippen LogP contribution in [-0.2, 0) is 11.2 Å². The Kier molecular flexibility index (Phi) is 6.94. The Balaban J connectivity index is 1.20. The molecule has 0 spiro atoms. The van der Waals surface area contributed by atoms with Crippen LogP contribution in [0.5, 0.6) is 6.01 Å².